The molecule has 3 nitrogen and oxygen atoms in total. The number of Topliss-reactive ketones (excluding diaryl/α,β-unsaturated/α-hetero) is 1. The quantitative estimate of drug-likeness (QED) is 0.801. The number of aryl methyl sites for hydroxylation is 1. The fourth-order valence-corrected chi connectivity index (χ4v) is 2.98. The van der Waals surface area contributed by atoms with Crippen LogP contribution >= 0.6 is 23.3 Å². The van der Waals surface area contributed by atoms with Crippen LogP contribution in [0.1, 0.15) is 22.8 Å². The number of aromatic nitrogens is 2. The van der Waals surface area contributed by atoms with Crippen molar-refractivity contribution >= 4 is 29.1 Å². The van der Waals surface area contributed by atoms with Crippen LogP contribution in [0.25, 0.3) is 0 Å². The van der Waals surface area contributed by atoms with E-state index < -0.39 is 0 Å². The number of rotatable bonds is 3. The van der Waals surface area contributed by atoms with E-state index in [-0.39, 0.29) is 11.6 Å². The molecule has 0 N–H and O–H groups in total. The topological polar surface area (TPSA) is 42.9 Å². The average molecular weight is 268 g/mol. The van der Waals surface area contributed by atoms with Crippen molar-refractivity contribution in [2.75, 3.05) is 0 Å². The van der Waals surface area contributed by atoms with E-state index in [1.54, 1.807) is 13.0 Å². The van der Waals surface area contributed by atoms with Crippen molar-refractivity contribution in [3.63, 3.8) is 0 Å². The van der Waals surface area contributed by atoms with Crippen molar-refractivity contribution < 1.29 is 9.18 Å². The van der Waals surface area contributed by atoms with Crippen LogP contribution in [0.5, 0.6) is 0 Å². The standard InChI is InChI=1S/C11H9FN2OS2/c1-6-3-10(16-11-13-5-14-17-11)8(7(2)15)4-9(6)12/h3-5H,1-2H3. The summed E-state index contributed by atoms with van der Waals surface area (Å²) in [4.78, 5) is 16.2. The highest BCUT2D eigenvalue weighted by molar-refractivity contribution is 8.01. The summed E-state index contributed by atoms with van der Waals surface area (Å²) in [5, 5.41) is 0. The van der Waals surface area contributed by atoms with E-state index in [1.807, 2.05) is 0 Å². The van der Waals surface area contributed by atoms with Crippen LogP contribution in [-0.2, 0) is 0 Å². The first kappa shape index (κ1) is 12.2. The summed E-state index contributed by atoms with van der Waals surface area (Å²) in [6, 6.07) is 2.94. The number of halogens is 1. The third kappa shape index (κ3) is 2.70. The molecule has 6 heteroatoms. The van der Waals surface area contributed by atoms with E-state index in [0.717, 1.165) is 4.34 Å². The molecule has 0 amide bonds. The Bertz CT molecular complexity index is 555. The monoisotopic (exact) mass is 268 g/mol. The summed E-state index contributed by atoms with van der Waals surface area (Å²) in [5.41, 5.74) is 0.898. The lowest BCUT2D eigenvalue weighted by Crippen LogP contribution is -1.98. The van der Waals surface area contributed by atoms with E-state index in [9.17, 15) is 9.18 Å². The van der Waals surface area contributed by atoms with Gasteiger partial charge in [0.2, 0.25) is 0 Å². The second-order valence-electron chi connectivity index (χ2n) is 3.46. The number of carbonyl (C=O) groups is 1. The SMILES string of the molecule is CC(=O)c1cc(F)c(C)cc1Sc1ncns1. The van der Waals surface area contributed by atoms with Gasteiger partial charge < -0.3 is 0 Å². The molecule has 88 valence electrons. The molecule has 0 spiro atoms. The number of nitrogens with zero attached hydrogens (tertiary/aromatic N) is 2. The van der Waals surface area contributed by atoms with Crippen molar-refractivity contribution in [2.24, 2.45) is 0 Å². The van der Waals surface area contributed by atoms with Crippen molar-refractivity contribution in [2.45, 2.75) is 23.1 Å². The fourth-order valence-electron chi connectivity index (χ4n) is 1.32. The minimum atomic E-state index is -0.364. The van der Waals surface area contributed by atoms with Crippen LogP contribution in [0.3, 0.4) is 0 Å². The summed E-state index contributed by atoms with van der Waals surface area (Å²) >= 11 is 2.57. The zero-order valence-electron chi connectivity index (χ0n) is 9.23. The zero-order valence-corrected chi connectivity index (χ0v) is 10.9. The smallest absolute Gasteiger partial charge is 0.174 e. The number of carbonyl (C=O) groups excluding carboxylic acids is 1. The highest BCUT2D eigenvalue weighted by atomic mass is 32.2. The van der Waals surface area contributed by atoms with Gasteiger partial charge in [-0.3, -0.25) is 4.79 Å². The van der Waals surface area contributed by atoms with Crippen LogP contribution in [0.2, 0.25) is 0 Å². The molecule has 0 saturated heterocycles. The third-order valence-corrected chi connectivity index (χ3v) is 3.95. The van der Waals surface area contributed by atoms with Crippen LogP contribution in [0.15, 0.2) is 27.7 Å². The predicted molar refractivity (Wildman–Crippen MR) is 65.2 cm³/mol. The fraction of sp³-hybridized carbons (Fsp3) is 0.182. The van der Waals surface area contributed by atoms with Gasteiger partial charge in [0.25, 0.3) is 0 Å². The third-order valence-electron chi connectivity index (χ3n) is 2.18. The van der Waals surface area contributed by atoms with Gasteiger partial charge in [0.05, 0.1) is 0 Å². The lowest BCUT2D eigenvalue weighted by atomic mass is 10.1. The minimum Gasteiger partial charge on any atom is -0.294 e. The molecular weight excluding hydrogens is 259 g/mol. The van der Waals surface area contributed by atoms with E-state index in [2.05, 4.69) is 9.36 Å². The molecule has 2 aromatic rings. The summed E-state index contributed by atoms with van der Waals surface area (Å²) in [7, 11) is 0. The minimum absolute atomic E-state index is 0.157. The van der Waals surface area contributed by atoms with Gasteiger partial charge in [0.15, 0.2) is 10.1 Å². The molecule has 0 aliphatic carbocycles. The maximum Gasteiger partial charge on any atom is 0.174 e. The first-order chi connectivity index (χ1) is 8.08. The maximum atomic E-state index is 13.4. The molecule has 1 aromatic heterocycles. The summed E-state index contributed by atoms with van der Waals surface area (Å²) in [6.07, 6.45) is 1.46. The van der Waals surface area contributed by atoms with Crippen molar-refractivity contribution in [3.8, 4) is 0 Å². The Labute approximate surface area is 106 Å². The largest absolute Gasteiger partial charge is 0.294 e. The van der Waals surface area contributed by atoms with E-state index >= 15 is 0 Å². The van der Waals surface area contributed by atoms with Crippen molar-refractivity contribution in [1.29, 1.82) is 0 Å². The van der Waals surface area contributed by atoms with Gasteiger partial charge in [-0.2, -0.15) is 4.37 Å². The highest BCUT2D eigenvalue weighted by Gasteiger charge is 2.13. The Hall–Kier alpha value is -1.27. The summed E-state index contributed by atoms with van der Waals surface area (Å²) in [5.74, 6) is -0.521. The van der Waals surface area contributed by atoms with Crippen LogP contribution in [-0.4, -0.2) is 15.1 Å². The number of ketones is 1. The molecule has 0 atom stereocenters. The normalized spacial score (nSPS) is 10.5. The molecule has 0 aliphatic heterocycles. The Balaban J connectivity index is 2.44. The number of hydrogen-bond donors (Lipinski definition) is 0. The number of benzene rings is 1. The molecule has 2 rings (SSSR count). The van der Waals surface area contributed by atoms with Gasteiger partial charge in [-0.25, -0.2) is 9.37 Å². The Morgan fingerprint density at radius 2 is 2.24 bits per heavy atom. The van der Waals surface area contributed by atoms with Gasteiger partial charge in [-0.1, -0.05) is 11.8 Å². The molecule has 0 aliphatic rings. The molecule has 1 aromatic carbocycles. The van der Waals surface area contributed by atoms with Crippen LogP contribution in [0, 0.1) is 12.7 Å². The van der Waals surface area contributed by atoms with Crippen LogP contribution < -0.4 is 0 Å². The van der Waals surface area contributed by atoms with Gasteiger partial charge >= 0.3 is 0 Å². The highest BCUT2D eigenvalue weighted by Crippen LogP contribution is 2.32. The van der Waals surface area contributed by atoms with Gasteiger partial charge in [-0.15, -0.1) is 0 Å². The Morgan fingerprint density at radius 1 is 1.47 bits per heavy atom. The van der Waals surface area contributed by atoms with E-state index in [1.165, 1.54) is 42.6 Å². The lowest BCUT2D eigenvalue weighted by molar-refractivity contribution is 0.101. The van der Waals surface area contributed by atoms with Crippen molar-refractivity contribution in [3.05, 3.63) is 35.4 Å². The van der Waals surface area contributed by atoms with Gasteiger partial charge in [0.1, 0.15) is 12.1 Å². The second kappa shape index (κ2) is 4.93. The van der Waals surface area contributed by atoms with Crippen molar-refractivity contribution in [1.82, 2.24) is 9.36 Å². The molecule has 0 unspecified atom stereocenters. The first-order valence-corrected chi connectivity index (χ1v) is 6.42. The summed E-state index contributed by atoms with van der Waals surface area (Å²) in [6.45, 7) is 3.09. The lowest BCUT2D eigenvalue weighted by Gasteiger charge is -2.06. The van der Waals surface area contributed by atoms with E-state index in [0.29, 0.717) is 16.0 Å². The first-order valence-electron chi connectivity index (χ1n) is 4.83. The molecule has 0 radical (unpaired) electrons. The van der Waals surface area contributed by atoms with E-state index in [4.69, 9.17) is 0 Å². The molecule has 0 bridgehead atoms. The average Bonchev–Trinajstić information content (AvgIpc) is 2.75. The molecule has 1 heterocycles. The Morgan fingerprint density at radius 3 is 2.82 bits per heavy atom. The maximum absolute atomic E-state index is 13.4. The van der Waals surface area contributed by atoms with Gasteiger partial charge in [0, 0.05) is 10.5 Å². The van der Waals surface area contributed by atoms with Gasteiger partial charge in [-0.05, 0) is 43.1 Å². The molecule has 0 fully saturated rings. The number of hydrogen-bond acceptors (Lipinski definition) is 5. The predicted octanol–water partition coefficient (Wildman–Crippen LogP) is 3.34. The zero-order chi connectivity index (χ0) is 12.4. The second-order valence-corrected chi connectivity index (χ2v) is 5.53. The molecule has 17 heavy (non-hydrogen) atoms. The molecule has 0 saturated carbocycles. The van der Waals surface area contributed by atoms with Crippen LogP contribution in [0.4, 0.5) is 4.39 Å². The Kier molecular flexibility index (Phi) is 3.54. The molecular formula is C11H9FN2OS2. The summed E-state index contributed by atoms with van der Waals surface area (Å²) < 4.78 is 18.0.